The summed E-state index contributed by atoms with van der Waals surface area (Å²) in [6.45, 7) is 4.16. The molecule has 60 valence electrons. The number of rotatable bonds is 2. The van der Waals surface area contributed by atoms with Crippen LogP contribution in [0.2, 0.25) is 0 Å². The fraction of sp³-hybridized carbons (Fsp3) is 0.333. The Bertz CT molecular complexity index is 234. The Kier molecular flexibility index (Phi) is 2.94. The zero-order chi connectivity index (χ0) is 8.27. The van der Waals surface area contributed by atoms with Gasteiger partial charge in [-0.1, -0.05) is 21.5 Å². The Balaban J connectivity index is 2.74. The molecule has 0 radical (unpaired) electrons. The molecular weight excluding hydrogens is 204 g/mol. The van der Waals surface area contributed by atoms with E-state index >= 15 is 0 Å². The molecule has 2 heteroatoms. The highest BCUT2D eigenvalue weighted by molar-refractivity contribution is 9.09. The van der Waals surface area contributed by atoms with Crippen molar-refractivity contribution in [2.75, 3.05) is 0 Å². The number of hydrogen-bond donors (Lipinski definition) is 0. The molecule has 1 rings (SSSR count). The van der Waals surface area contributed by atoms with Crippen LogP contribution >= 0.6 is 15.9 Å². The molecule has 11 heavy (non-hydrogen) atoms. The fourth-order valence-corrected chi connectivity index (χ4v) is 0.845. The van der Waals surface area contributed by atoms with E-state index in [2.05, 4.69) is 29.8 Å². The van der Waals surface area contributed by atoms with Crippen LogP contribution in [-0.2, 0) is 0 Å². The zero-order valence-corrected chi connectivity index (χ0v) is 8.26. The first-order valence-corrected chi connectivity index (χ1v) is 4.47. The molecule has 1 aromatic heterocycles. The van der Waals surface area contributed by atoms with Crippen LogP contribution in [0.5, 0.6) is 0 Å². The SMILES string of the molecule is C/C(=C\c1ccco1)C(C)Br. The molecule has 0 aliphatic heterocycles. The van der Waals surface area contributed by atoms with Gasteiger partial charge in [-0.2, -0.15) is 0 Å². The van der Waals surface area contributed by atoms with Gasteiger partial charge in [0.2, 0.25) is 0 Å². The standard InChI is InChI=1S/C9H11BrO/c1-7(8(2)10)6-9-4-3-5-11-9/h3-6,8H,1-2H3/b7-6+. The summed E-state index contributed by atoms with van der Waals surface area (Å²) >= 11 is 3.48. The molecular formula is C9H11BrO. The molecule has 0 fully saturated rings. The van der Waals surface area contributed by atoms with Gasteiger partial charge < -0.3 is 4.42 Å². The molecule has 0 amide bonds. The molecule has 0 bridgehead atoms. The van der Waals surface area contributed by atoms with E-state index < -0.39 is 0 Å². The van der Waals surface area contributed by atoms with Gasteiger partial charge in [-0.3, -0.25) is 0 Å². The van der Waals surface area contributed by atoms with Crippen molar-refractivity contribution < 1.29 is 4.42 Å². The van der Waals surface area contributed by atoms with Gasteiger partial charge in [-0.05, 0) is 32.1 Å². The van der Waals surface area contributed by atoms with Gasteiger partial charge in [0.25, 0.3) is 0 Å². The fourth-order valence-electron chi connectivity index (χ4n) is 0.713. The van der Waals surface area contributed by atoms with Crippen molar-refractivity contribution >= 4 is 22.0 Å². The summed E-state index contributed by atoms with van der Waals surface area (Å²) in [6, 6.07) is 3.83. The molecule has 0 aliphatic rings. The molecule has 0 spiro atoms. The van der Waals surface area contributed by atoms with Crippen LogP contribution in [0.15, 0.2) is 28.4 Å². The molecule has 0 N–H and O–H groups in total. The van der Waals surface area contributed by atoms with Gasteiger partial charge in [0.05, 0.1) is 6.26 Å². The molecule has 1 heterocycles. The summed E-state index contributed by atoms with van der Waals surface area (Å²) in [5.41, 5.74) is 1.26. The zero-order valence-electron chi connectivity index (χ0n) is 6.67. The third-order valence-electron chi connectivity index (χ3n) is 1.54. The van der Waals surface area contributed by atoms with Crippen LogP contribution in [0.1, 0.15) is 19.6 Å². The van der Waals surface area contributed by atoms with Crippen LogP contribution in [-0.4, -0.2) is 4.83 Å². The topological polar surface area (TPSA) is 13.1 Å². The second kappa shape index (κ2) is 3.77. The molecule has 1 atom stereocenters. The number of halogens is 1. The molecule has 1 unspecified atom stereocenters. The minimum atomic E-state index is 0.410. The van der Waals surface area contributed by atoms with Gasteiger partial charge in [-0.25, -0.2) is 0 Å². The predicted molar refractivity (Wildman–Crippen MR) is 50.7 cm³/mol. The van der Waals surface area contributed by atoms with Gasteiger partial charge in [-0.15, -0.1) is 0 Å². The van der Waals surface area contributed by atoms with E-state index in [1.807, 2.05) is 18.2 Å². The average molecular weight is 215 g/mol. The first-order valence-electron chi connectivity index (χ1n) is 3.56. The lowest BCUT2D eigenvalue weighted by Gasteiger charge is -2.00. The van der Waals surface area contributed by atoms with E-state index in [1.165, 1.54) is 5.57 Å². The molecule has 0 saturated carbocycles. The molecule has 0 saturated heterocycles. The van der Waals surface area contributed by atoms with Gasteiger partial charge >= 0.3 is 0 Å². The van der Waals surface area contributed by atoms with Crippen molar-refractivity contribution in [3.8, 4) is 0 Å². The highest BCUT2D eigenvalue weighted by Crippen LogP contribution is 2.14. The van der Waals surface area contributed by atoms with Crippen LogP contribution in [0, 0.1) is 0 Å². The first-order chi connectivity index (χ1) is 5.20. The van der Waals surface area contributed by atoms with Crippen molar-refractivity contribution in [3.05, 3.63) is 29.7 Å². The summed E-state index contributed by atoms with van der Waals surface area (Å²) in [5.74, 6) is 0.911. The van der Waals surface area contributed by atoms with Crippen LogP contribution in [0.3, 0.4) is 0 Å². The van der Waals surface area contributed by atoms with E-state index in [0.717, 1.165) is 5.76 Å². The van der Waals surface area contributed by atoms with Crippen LogP contribution in [0.25, 0.3) is 6.08 Å². The quantitative estimate of drug-likeness (QED) is 0.688. The van der Waals surface area contributed by atoms with Gasteiger partial charge in [0, 0.05) is 4.83 Å². The van der Waals surface area contributed by atoms with E-state index in [1.54, 1.807) is 6.26 Å². The molecule has 0 aliphatic carbocycles. The summed E-state index contributed by atoms with van der Waals surface area (Å²) in [4.78, 5) is 0.410. The average Bonchev–Trinajstić information content (AvgIpc) is 2.39. The number of hydrogen-bond acceptors (Lipinski definition) is 1. The maximum atomic E-state index is 5.16. The minimum Gasteiger partial charge on any atom is -0.465 e. The van der Waals surface area contributed by atoms with Gasteiger partial charge in [0.1, 0.15) is 5.76 Å². The second-order valence-electron chi connectivity index (χ2n) is 2.52. The Morgan fingerprint density at radius 3 is 2.91 bits per heavy atom. The predicted octanol–water partition coefficient (Wildman–Crippen LogP) is 3.47. The number of allylic oxidation sites excluding steroid dienone is 1. The van der Waals surface area contributed by atoms with Gasteiger partial charge in [0.15, 0.2) is 0 Å². The van der Waals surface area contributed by atoms with Crippen molar-refractivity contribution in [2.45, 2.75) is 18.7 Å². The Hall–Kier alpha value is -0.500. The van der Waals surface area contributed by atoms with Crippen molar-refractivity contribution in [1.29, 1.82) is 0 Å². The molecule has 1 nitrogen and oxygen atoms in total. The van der Waals surface area contributed by atoms with E-state index in [0.29, 0.717) is 4.83 Å². The van der Waals surface area contributed by atoms with E-state index in [-0.39, 0.29) is 0 Å². The lowest BCUT2D eigenvalue weighted by atomic mass is 10.2. The Labute approximate surface area is 75.2 Å². The third-order valence-corrected chi connectivity index (χ3v) is 2.26. The smallest absolute Gasteiger partial charge is 0.126 e. The van der Waals surface area contributed by atoms with E-state index in [9.17, 15) is 0 Å². The summed E-state index contributed by atoms with van der Waals surface area (Å²) in [6.07, 6.45) is 3.71. The van der Waals surface area contributed by atoms with Crippen molar-refractivity contribution in [2.24, 2.45) is 0 Å². The third kappa shape index (κ3) is 2.54. The van der Waals surface area contributed by atoms with Crippen LogP contribution < -0.4 is 0 Å². The lowest BCUT2D eigenvalue weighted by molar-refractivity contribution is 0.556. The summed E-state index contributed by atoms with van der Waals surface area (Å²) in [7, 11) is 0. The Morgan fingerprint density at radius 1 is 1.73 bits per heavy atom. The number of furan rings is 1. The second-order valence-corrected chi connectivity index (χ2v) is 3.89. The highest BCUT2D eigenvalue weighted by atomic mass is 79.9. The Morgan fingerprint density at radius 2 is 2.45 bits per heavy atom. The van der Waals surface area contributed by atoms with Crippen molar-refractivity contribution in [1.82, 2.24) is 0 Å². The number of alkyl halides is 1. The minimum absolute atomic E-state index is 0.410. The molecule has 0 aromatic carbocycles. The van der Waals surface area contributed by atoms with Crippen molar-refractivity contribution in [3.63, 3.8) is 0 Å². The first kappa shape index (κ1) is 8.60. The lowest BCUT2D eigenvalue weighted by Crippen LogP contribution is -1.89. The maximum absolute atomic E-state index is 5.16. The normalized spacial score (nSPS) is 15.0. The monoisotopic (exact) mass is 214 g/mol. The van der Waals surface area contributed by atoms with E-state index in [4.69, 9.17) is 4.42 Å². The highest BCUT2D eigenvalue weighted by Gasteiger charge is 1.98. The summed E-state index contributed by atoms with van der Waals surface area (Å²) in [5, 5.41) is 0. The van der Waals surface area contributed by atoms with Crippen LogP contribution in [0.4, 0.5) is 0 Å². The largest absolute Gasteiger partial charge is 0.465 e. The summed E-state index contributed by atoms with van der Waals surface area (Å²) < 4.78 is 5.16. The molecule has 1 aromatic rings. The maximum Gasteiger partial charge on any atom is 0.126 e.